The lowest BCUT2D eigenvalue weighted by Gasteiger charge is -2.13. The number of phenolic OH excluding ortho intramolecular Hbond substituents is 1. The number of ether oxygens (including phenoxy) is 1. The van der Waals surface area contributed by atoms with Gasteiger partial charge in [-0.25, -0.2) is 0 Å². The van der Waals surface area contributed by atoms with Crippen molar-refractivity contribution in [2.45, 2.75) is 20.8 Å². The Balaban J connectivity index is 3.17. The van der Waals surface area contributed by atoms with Gasteiger partial charge in [0.2, 0.25) is 0 Å². The minimum Gasteiger partial charge on any atom is -0.504 e. The first kappa shape index (κ1) is 10.6. The van der Waals surface area contributed by atoms with Crippen molar-refractivity contribution < 1.29 is 9.84 Å². The Kier molecular flexibility index (Phi) is 3.18. The van der Waals surface area contributed by atoms with Crippen molar-refractivity contribution in [1.29, 1.82) is 0 Å². The highest BCUT2D eigenvalue weighted by Crippen LogP contribution is 2.35. The fraction of sp³-hybridized carbons (Fsp3) is 0.333. The van der Waals surface area contributed by atoms with Gasteiger partial charge in [-0.15, -0.1) is 0 Å². The summed E-state index contributed by atoms with van der Waals surface area (Å²) in [7, 11) is 0. The number of aryl methyl sites for hydroxylation is 2. The highest BCUT2D eigenvalue weighted by atomic mass is 16.5. The molecular formula is C12H16O2. The number of hydrogen-bond acceptors (Lipinski definition) is 2. The molecule has 1 rings (SSSR count). The monoisotopic (exact) mass is 192 g/mol. The maximum Gasteiger partial charge on any atom is 0.164 e. The Morgan fingerprint density at radius 3 is 2.57 bits per heavy atom. The summed E-state index contributed by atoms with van der Waals surface area (Å²) < 4.78 is 5.41. The van der Waals surface area contributed by atoms with Crippen molar-refractivity contribution in [2.75, 3.05) is 6.61 Å². The van der Waals surface area contributed by atoms with E-state index in [9.17, 15) is 5.11 Å². The number of rotatable bonds is 3. The molecule has 0 radical (unpaired) electrons. The molecule has 0 aliphatic carbocycles. The molecule has 2 nitrogen and oxygen atoms in total. The normalized spacial score (nSPS) is 9.93. The molecule has 0 saturated carbocycles. The SMILES string of the molecule is C=CCOc1c(C)c(C)cc(C)c1O. The molecule has 1 N–H and O–H groups in total. The molecule has 0 atom stereocenters. The van der Waals surface area contributed by atoms with Gasteiger partial charge in [0.15, 0.2) is 11.5 Å². The fourth-order valence-electron chi connectivity index (χ4n) is 1.36. The van der Waals surface area contributed by atoms with Crippen molar-refractivity contribution >= 4 is 0 Å². The van der Waals surface area contributed by atoms with E-state index in [0.717, 1.165) is 16.7 Å². The van der Waals surface area contributed by atoms with Gasteiger partial charge in [-0.1, -0.05) is 18.7 Å². The average molecular weight is 192 g/mol. The number of aromatic hydroxyl groups is 1. The molecule has 0 aromatic heterocycles. The van der Waals surface area contributed by atoms with Gasteiger partial charge in [0, 0.05) is 0 Å². The molecule has 2 heteroatoms. The molecule has 0 aliphatic rings. The smallest absolute Gasteiger partial charge is 0.164 e. The van der Waals surface area contributed by atoms with Crippen LogP contribution in [0.3, 0.4) is 0 Å². The number of benzene rings is 1. The first-order valence-corrected chi connectivity index (χ1v) is 4.61. The lowest BCUT2D eigenvalue weighted by molar-refractivity contribution is 0.332. The summed E-state index contributed by atoms with van der Waals surface area (Å²) in [5, 5.41) is 9.77. The van der Waals surface area contributed by atoms with Crippen molar-refractivity contribution in [2.24, 2.45) is 0 Å². The Morgan fingerprint density at radius 1 is 1.36 bits per heavy atom. The van der Waals surface area contributed by atoms with Gasteiger partial charge in [-0.05, 0) is 37.5 Å². The zero-order valence-corrected chi connectivity index (χ0v) is 8.92. The summed E-state index contributed by atoms with van der Waals surface area (Å²) in [6.45, 7) is 9.79. The van der Waals surface area contributed by atoms with Gasteiger partial charge >= 0.3 is 0 Å². The third kappa shape index (κ3) is 1.90. The first-order chi connectivity index (χ1) is 6.57. The second-order valence-corrected chi connectivity index (χ2v) is 3.41. The molecule has 0 aliphatic heterocycles. The van der Waals surface area contributed by atoms with Crippen molar-refractivity contribution in [1.82, 2.24) is 0 Å². The van der Waals surface area contributed by atoms with Crippen LogP contribution < -0.4 is 4.74 Å². The molecule has 14 heavy (non-hydrogen) atoms. The molecule has 0 heterocycles. The Labute approximate surface area is 84.8 Å². The third-order valence-corrected chi connectivity index (χ3v) is 2.30. The lowest BCUT2D eigenvalue weighted by Crippen LogP contribution is -1.98. The van der Waals surface area contributed by atoms with E-state index in [1.807, 2.05) is 26.8 Å². The molecule has 1 aromatic carbocycles. The topological polar surface area (TPSA) is 29.5 Å². The molecule has 0 fully saturated rings. The van der Waals surface area contributed by atoms with Gasteiger partial charge in [-0.3, -0.25) is 0 Å². The minimum atomic E-state index is 0.231. The molecule has 0 saturated heterocycles. The average Bonchev–Trinajstić information content (AvgIpc) is 2.15. The second-order valence-electron chi connectivity index (χ2n) is 3.41. The highest BCUT2D eigenvalue weighted by molar-refractivity contribution is 5.53. The predicted molar refractivity (Wildman–Crippen MR) is 58.0 cm³/mol. The number of phenols is 1. The molecule has 0 spiro atoms. The van der Waals surface area contributed by atoms with Gasteiger partial charge < -0.3 is 9.84 Å². The Morgan fingerprint density at radius 2 is 2.00 bits per heavy atom. The van der Waals surface area contributed by atoms with Gasteiger partial charge in [-0.2, -0.15) is 0 Å². The maximum absolute atomic E-state index is 9.77. The molecule has 0 unspecified atom stereocenters. The lowest BCUT2D eigenvalue weighted by atomic mass is 10.0. The van der Waals surface area contributed by atoms with Crippen molar-refractivity contribution in [3.63, 3.8) is 0 Å². The van der Waals surface area contributed by atoms with Gasteiger partial charge in [0.05, 0.1) is 0 Å². The van der Waals surface area contributed by atoms with Crippen molar-refractivity contribution in [3.8, 4) is 11.5 Å². The molecule has 0 bridgehead atoms. The summed E-state index contributed by atoms with van der Waals surface area (Å²) in [5.41, 5.74) is 2.95. The fourth-order valence-corrected chi connectivity index (χ4v) is 1.36. The van der Waals surface area contributed by atoms with Crippen LogP contribution in [-0.2, 0) is 0 Å². The minimum absolute atomic E-state index is 0.231. The molecule has 76 valence electrons. The van der Waals surface area contributed by atoms with Crippen LogP contribution in [0.4, 0.5) is 0 Å². The van der Waals surface area contributed by atoms with Crippen LogP contribution in [0.1, 0.15) is 16.7 Å². The summed E-state index contributed by atoms with van der Waals surface area (Å²) >= 11 is 0. The van der Waals surface area contributed by atoms with Crippen LogP contribution in [0, 0.1) is 20.8 Å². The van der Waals surface area contributed by atoms with E-state index in [-0.39, 0.29) is 5.75 Å². The predicted octanol–water partition coefficient (Wildman–Crippen LogP) is 2.88. The zero-order valence-electron chi connectivity index (χ0n) is 8.92. The Bertz CT molecular complexity index is 328. The van der Waals surface area contributed by atoms with Gasteiger partial charge in [0.1, 0.15) is 6.61 Å². The summed E-state index contributed by atoms with van der Waals surface area (Å²) in [6, 6.07) is 1.95. The van der Waals surface area contributed by atoms with Crippen LogP contribution in [0.5, 0.6) is 11.5 Å². The van der Waals surface area contributed by atoms with Crippen LogP contribution in [0.2, 0.25) is 0 Å². The summed E-state index contributed by atoms with van der Waals surface area (Å²) in [5.74, 6) is 0.803. The second kappa shape index (κ2) is 4.18. The largest absolute Gasteiger partial charge is 0.504 e. The molecular weight excluding hydrogens is 176 g/mol. The first-order valence-electron chi connectivity index (χ1n) is 4.61. The van der Waals surface area contributed by atoms with E-state index >= 15 is 0 Å². The van der Waals surface area contributed by atoms with Crippen molar-refractivity contribution in [3.05, 3.63) is 35.4 Å². The third-order valence-electron chi connectivity index (χ3n) is 2.30. The van der Waals surface area contributed by atoms with E-state index < -0.39 is 0 Å². The summed E-state index contributed by atoms with van der Waals surface area (Å²) in [6.07, 6.45) is 1.66. The standard InChI is InChI=1S/C12H16O2/c1-5-6-14-12-10(4)8(2)7-9(3)11(12)13/h5,7,13H,1,6H2,2-4H3. The molecule has 1 aromatic rings. The summed E-state index contributed by atoms with van der Waals surface area (Å²) in [4.78, 5) is 0. The highest BCUT2D eigenvalue weighted by Gasteiger charge is 2.11. The zero-order chi connectivity index (χ0) is 10.7. The van der Waals surface area contributed by atoms with Crippen LogP contribution >= 0.6 is 0 Å². The van der Waals surface area contributed by atoms with E-state index in [1.54, 1.807) is 6.08 Å². The quantitative estimate of drug-likeness (QED) is 0.746. The van der Waals surface area contributed by atoms with Crippen LogP contribution in [0.15, 0.2) is 18.7 Å². The molecule has 0 amide bonds. The van der Waals surface area contributed by atoms with E-state index in [0.29, 0.717) is 12.4 Å². The van der Waals surface area contributed by atoms with E-state index in [1.165, 1.54) is 0 Å². The van der Waals surface area contributed by atoms with E-state index in [2.05, 4.69) is 6.58 Å². The Hall–Kier alpha value is -1.44. The van der Waals surface area contributed by atoms with Gasteiger partial charge in [0.25, 0.3) is 0 Å². The van der Waals surface area contributed by atoms with Crippen LogP contribution in [0.25, 0.3) is 0 Å². The van der Waals surface area contributed by atoms with Crippen LogP contribution in [-0.4, -0.2) is 11.7 Å². The maximum atomic E-state index is 9.77. The van der Waals surface area contributed by atoms with E-state index in [4.69, 9.17) is 4.74 Å². The number of hydrogen-bond donors (Lipinski definition) is 1.